The molecule has 0 unspecified atom stereocenters. The molecule has 1 amide bonds. The van der Waals surface area contributed by atoms with Gasteiger partial charge in [-0.2, -0.15) is 0 Å². The number of thiophene rings is 1. The number of fused-ring (bicyclic) bond motifs is 1. The number of anilines is 1. The maximum Gasteiger partial charge on any atom is 0.350 e. The number of carbonyl (C=O) groups is 2. The van der Waals surface area contributed by atoms with Gasteiger partial charge in [-0.05, 0) is 30.7 Å². The fraction of sp³-hybridized carbons (Fsp3) is 0.130. The Morgan fingerprint density at radius 2 is 1.94 bits per heavy atom. The number of nitrogens with zero attached hydrogens (tertiary/aromatic N) is 2. The molecule has 162 valence electrons. The van der Waals surface area contributed by atoms with Crippen LogP contribution in [0.5, 0.6) is 0 Å². The van der Waals surface area contributed by atoms with E-state index in [1.54, 1.807) is 13.0 Å². The number of nitrogens with one attached hydrogen (secondary N) is 1. The molecule has 0 saturated carbocycles. The third-order valence-corrected chi connectivity index (χ3v) is 5.79. The van der Waals surface area contributed by atoms with Crippen molar-refractivity contribution < 1.29 is 18.7 Å². The Morgan fingerprint density at radius 3 is 2.69 bits per heavy atom. The van der Waals surface area contributed by atoms with Crippen molar-refractivity contribution in [3.63, 3.8) is 0 Å². The summed E-state index contributed by atoms with van der Waals surface area (Å²) in [4.78, 5) is 42.8. The Bertz CT molecular complexity index is 1360. The summed E-state index contributed by atoms with van der Waals surface area (Å²) in [6.45, 7) is 1.58. The lowest BCUT2D eigenvalue weighted by Crippen LogP contribution is -2.28. The number of hydrogen-bond donors (Lipinski definition) is 1. The number of rotatable bonds is 6. The predicted molar refractivity (Wildman–Crippen MR) is 120 cm³/mol. The number of aromatic nitrogens is 2. The Hall–Kier alpha value is -3.85. The van der Waals surface area contributed by atoms with Crippen molar-refractivity contribution in [3.8, 4) is 10.4 Å². The highest BCUT2D eigenvalue weighted by Crippen LogP contribution is 2.35. The first-order valence-electron chi connectivity index (χ1n) is 9.77. The minimum Gasteiger partial charge on any atom is -0.462 e. The lowest BCUT2D eigenvalue weighted by Gasteiger charge is -2.08. The molecule has 1 N–H and O–H groups in total. The van der Waals surface area contributed by atoms with Gasteiger partial charge in [0, 0.05) is 10.9 Å². The van der Waals surface area contributed by atoms with Gasteiger partial charge in [0.25, 0.3) is 5.56 Å². The average molecular weight is 451 g/mol. The molecule has 0 spiro atoms. The third-order valence-electron chi connectivity index (χ3n) is 4.63. The van der Waals surface area contributed by atoms with Crippen LogP contribution in [0.1, 0.15) is 16.6 Å². The van der Waals surface area contributed by atoms with Crippen molar-refractivity contribution in [2.24, 2.45) is 0 Å². The van der Waals surface area contributed by atoms with E-state index in [0.717, 1.165) is 27.1 Å². The topological polar surface area (TPSA) is 90.3 Å². The second-order valence-corrected chi connectivity index (χ2v) is 7.88. The molecule has 4 aromatic rings. The summed E-state index contributed by atoms with van der Waals surface area (Å²) in [5.74, 6) is -1.56. The molecule has 0 aliphatic heterocycles. The minimum absolute atomic E-state index is 0.198. The predicted octanol–water partition coefficient (Wildman–Crippen LogP) is 4.08. The zero-order valence-electron chi connectivity index (χ0n) is 17.0. The monoisotopic (exact) mass is 451 g/mol. The van der Waals surface area contributed by atoms with E-state index in [9.17, 15) is 18.8 Å². The molecule has 7 nitrogen and oxygen atoms in total. The first-order valence-corrected chi connectivity index (χ1v) is 10.6. The maximum absolute atomic E-state index is 13.4. The number of ether oxygens (including phenoxy) is 1. The molecule has 4 rings (SSSR count). The van der Waals surface area contributed by atoms with E-state index in [-0.39, 0.29) is 28.9 Å². The molecule has 0 aliphatic rings. The summed E-state index contributed by atoms with van der Waals surface area (Å²) < 4.78 is 19.6. The molecule has 0 radical (unpaired) electrons. The summed E-state index contributed by atoms with van der Waals surface area (Å²) in [5.41, 5.74) is 0.944. The first kappa shape index (κ1) is 21.4. The van der Waals surface area contributed by atoms with E-state index in [2.05, 4.69) is 10.3 Å². The standard InChI is InChI=1S/C23H18FN3O4S/c1-2-31-23(30)21-18(11-19(32-21)14-6-4-3-5-7-14)26-20(28)12-27-13-25-17-10-15(24)8-9-16(17)22(27)29/h3-11,13H,2,12H2,1H3,(H,26,28). The van der Waals surface area contributed by atoms with E-state index < -0.39 is 23.3 Å². The van der Waals surface area contributed by atoms with Gasteiger partial charge in [0.15, 0.2) is 0 Å². The smallest absolute Gasteiger partial charge is 0.350 e. The summed E-state index contributed by atoms with van der Waals surface area (Å²) in [5, 5.41) is 2.90. The Kier molecular flexibility index (Phi) is 6.09. The average Bonchev–Trinajstić information content (AvgIpc) is 3.20. The van der Waals surface area contributed by atoms with Gasteiger partial charge in [-0.15, -0.1) is 11.3 Å². The van der Waals surface area contributed by atoms with E-state index in [0.29, 0.717) is 5.69 Å². The molecule has 0 bridgehead atoms. The van der Waals surface area contributed by atoms with Gasteiger partial charge in [0.1, 0.15) is 17.2 Å². The van der Waals surface area contributed by atoms with Gasteiger partial charge < -0.3 is 10.1 Å². The van der Waals surface area contributed by atoms with Gasteiger partial charge in [-0.25, -0.2) is 14.2 Å². The number of halogens is 1. The fourth-order valence-corrected chi connectivity index (χ4v) is 4.18. The van der Waals surface area contributed by atoms with Crippen LogP contribution >= 0.6 is 11.3 Å². The SMILES string of the molecule is CCOC(=O)c1sc(-c2ccccc2)cc1NC(=O)Cn1cnc2cc(F)ccc2c1=O. The number of esters is 1. The lowest BCUT2D eigenvalue weighted by atomic mass is 10.2. The second kappa shape index (κ2) is 9.11. The number of benzene rings is 2. The highest BCUT2D eigenvalue weighted by molar-refractivity contribution is 7.18. The van der Waals surface area contributed by atoms with E-state index >= 15 is 0 Å². The normalized spacial score (nSPS) is 10.8. The highest BCUT2D eigenvalue weighted by atomic mass is 32.1. The van der Waals surface area contributed by atoms with Crippen LogP contribution in [0.4, 0.5) is 10.1 Å². The fourth-order valence-electron chi connectivity index (χ4n) is 3.17. The van der Waals surface area contributed by atoms with Crippen molar-refractivity contribution in [2.75, 3.05) is 11.9 Å². The number of amides is 1. The lowest BCUT2D eigenvalue weighted by molar-refractivity contribution is -0.116. The Balaban J connectivity index is 1.61. The quantitative estimate of drug-likeness (QED) is 0.446. The van der Waals surface area contributed by atoms with Gasteiger partial charge in [-0.1, -0.05) is 30.3 Å². The molecule has 0 aliphatic carbocycles. The van der Waals surface area contributed by atoms with Crippen molar-refractivity contribution in [1.29, 1.82) is 0 Å². The third kappa shape index (κ3) is 4.42. The Morgan fingerprint density at radius 1 is 1.16 bits per heavy atom. The zero-order chi connectivity index (χ0) is 22.7. The van der Waals surface area contributed by atoms with E-state index in [4.69, 9.17) is 4.74 Å². The van der Waals surface area contributed by atoms with Gasteiger partial charge >= 0.3 is 5.97 Å². The molecule has 0 atom stereocenters. The molecular weight excluding hydrogens is 433 g/mol. The molecular formula is C23H18FN3O4S. The van der Waals surface area contributed by atoms with Crippen LogP contribution in [0.3, 0.4) is 0 Å². The molecule has 32 heavy (non-hydrogen) atoms. The minimum atomic E-state index is -0.540. The molecule has 9 heteroatoms. The summed E-state index contributed by atoms with van der Waals surface area (Å²) in [6, 6.07) is 14.8. The van der Waals surface area contributed by atoms with Gasteiger partial charge in [0.2, 0.25) is 5.91 Å². The van der Waals surface area contributed by atoms with Crippen LogP contribution in [-0.2, 0) is 16.1 Å². The van der Waals surface area contributed by atoms with Crippen LogP contribution in [0, 0.1) is 5.82 Å². The van der Waals surface area contributed by atoms with Crippen LogP contribution in [-0.4, -0.2) is 28.0 Å². The van der Waals surface area contributed by atoms with E-state index in [1.165, 1.54) is 23.7 Å². The van der Waals surface area contributed by atoms with Crippen molar-refractivity contribution in [1.82, 2.24) is 9.55 Å². The van der Waals surface area contributed by atoms with Gasteiger partial charge in [-0.3, -0.25) is 14.2 Å². The summed E-state index contributed by atoms with van der Waals surface area (Å²) in [6.07, 6.45) is 1.19. The van der Waals surface area contributed by atoms with Gasteiger partial charge in [0.05, 0.1) is 29.5 Å². The number of carbonyl (C=O) groups excluding carboxylic acids is 2. The largest absolute Gasteiger partial charge is 0.462 e. The van der Waals surface area contributed by atoms with Crippen molar-refractivity contribution in [3.05, 3.63) is 82.0 Å². The van der Waals surface area contributed by atoms with Crippen LogP contribution in [0.15, 0.2) is 65.7 Å². The molecule has 2 aromatic carbocycles. The van der Waals surface area contributed by atoms with E-state index in [1.807, 2.05) is 30.3 Å². The molecule has 2 heterocycles. The summed E-state index contributed by atoms with van der Waals surface area (Å²) >= 11 is 1.21. The molecule has 0 saturated heterocycles. The molecule has 2 aromatic heterocycles. The van der Waals surface area contributed by atoms with Crippen LogP contribution in [0.2, 0.25) is 0 Å². The van der Waals surface area contributed by atoms with Crippen LogP contribution < -0.4 is 10.9 Å². The van der Waals surface area contributed by atoms with Crippen LogP contribution in [0.25, 0.3) is 21.3 Å². The van der Waals surface area contributed by atoms with Crippen molar-refractivity contribution in [2.45, 2.75) is 13.5 Å². The Labute approximate surface area is 186 Å². The summed E-state index contributed by atoms with van der Waals surface area (Å²) in [7, 11) is 0. The first-order chi connectivity index (χ1) is 15.5. The second-order valence-electron chi connectivity index (χ2n) is 6.83. The van der Waals surface area contributed by atoms with Crippen molar-refractivity contribution >= 4 is 39.8 Å². The zero-order valence-corrected chi connectivity index (χ0v) is 17.8. The highest BCUT2D eigenvalue weighted by Gasteiger charge is 2.20. The maximum atomic E-state index is 13.4. The molecule has 0 fully saturated rings. The number of hydrogen-bond acceptors (Lipinski definition) is 6.